The van der Waals surface area contributed by atoms with Crippen LogP contribution in [0.15, 0.2) is 36.4 Å². The molecule has 88 valence electrons. The summed E-state index contributed by atoms with van der Waals surface area (Å²) in [5.74, 6) is 1.34. The molecule has 1 aromatic heterocycles. The van der Waals surface area contributed by atoms with Crippen molar-refractivity contribution in [2.75, 3.05) is 12.8 Å². The summed E-state index contributed by atoms with van der Waals surface area (Å²) in [6.07, 6.45) is 0. The number of halogens is 1. The quantitative estimate of drug-likeness (QED) is 0.851. The van der Waals surface area contributed by atoms with Gasteiger partial charge >= 0.3 is 0 Å². The van der Waals surface area contributed by atoms with Crippen molar-refractivity contribution in [3.63, 3.8) is 0 Å². The molecule has 4 nitrogen and oxygen atoms in total. The molecule has 0 amide bonds. The van der Waals surface area contributed by atoms with Crippen LogP contribution < -0.4 is 15.2 Å². The van der Waals surface area contributed by atoms with Crippen molar-refractivity contribution in [3.05, 3.63) is 41.4 Å². The Balaban J connectivity index is 2.27. The number of aromatic nitrogens is 1. The van der Waals surface area contributed by atoms with Crippen LogP contribution >= 0.6 is 11.6 Å². The fourth-order valence-corrected chi connectivity index (χ4v) is 1.43. The van der Waals surface area contributed by atoms with E-state index in [2.05, 4.69) is 4.98 Å². The van der Waals surface area contributed by atoms with Gasteiger partial charge in [-0.25, -0.2) is 0 Å². The average Bonchev–Trinajstić information content (AvgIpc) is 2.34. The molecule has 0 fully saturated rings. The summed E-state index contributed by atoms with van der Waals surface area (Å²) in [6.45, 7) is 0. The minimum Gasteiger partial charge on any atom is -0.481 e. The molecule has 2 rings (SSSR count). The molecular weight excluding hydrogens is 240 g/mol. The first-order valence-electron chi connectivity index (χ1n) is 4.93. The first-order valence-corrected chi connectivity index (χ1v) is 5.31. The highest BCUT2D eigenvalue weighted by molar-refractivity contribution is 6.32. The zero-order valence-electron chi connectivity index (χ0n) is 9.18. The second-order valence-corrected chi connectivity index (χ2v) is 3.72. The second-order valence-electron chi connectivity index (χ2n) is 3.31. The Hall–Kier alpha value is -1.94. The monoisotopic (exact) mass is 250 g/mol. The highest BCUT2D eigenvalue weighted by Crippen LogP contribution is 2.30. The second kappa shape index (κ2) is 4.93. The molecule has 0 aliphatic carbocycles. The Bertz CT molecular complexity index is 532. The SMILES string of the molecule is COc1cccc(Oc2cc(N)ccc2Cl)n1. The topological polar surface area (TPSA) is 57.4 Å². The van der Waals surface area contributed by atoms with Crippen molar-refractivity contribution < 1.29 is 9.47 Å². The molecule has 0 radical (unpaired) electrons. The summed E-state index contributed by atoms with van der Waals surface area (Å²) in [4.78, 5) is 4.11. The number of nitrogen functional groups attached to an aromatic ring is 1. The number of rotatable bonds is 3. The number of benzene rings is 1. The Labute approximate surface area is 104 Å². The van der Waals surface area contributed by atoms with Crippen molar-refractivity contribution in [2.24, 2.45) is 0 Å². The summed E-state index contributed by atoms with van der Waals surface area (Å²) in [5.41, 5.74) is 6.23. The van der Waals surface area contributed by atoms with Crippen LogP contribution in [0.25, 0.3) is 0 Å². The van der Waals surface area contributed by atoms with E-state index in [1.54, 1.807) is 43.5 Å². The first kappa shape index (κ1) is 11.5. The Morgan fingerprint density at radius 3 is 2.71 bits per heavy atom. The van der Waals surface area contributed by atoms with E-state index in [0.29, 0.717) is 28.2 Å². The fraction of sp³-hybridized carbons (Fsp3) is 0.0833. The highest BCUT2D eigenvalue weighted by atomic mass is 35.5. The van der Waals surface area contributed by atoms with Crippen LogP contribution in [-0.2, 0) is 0 Å². The van der Waals surface area contributed by atoms with E-state index in [1.807, 2.05) is 0 Å². The van der Waals surface area contributed by atoms with Gasteiger partial charge in [0.2, 0.25) is 11.8 Å². The van der Waals surface area contributed by atoms with Crippen LogP contribution in [0.5, 0.6) is 17.5 Å². The van der Waals surface area contributed by atoms with Crippen LogP contribution in [0.2, 0.25) is 5.02 Å². The van der Waals surface area contributed by atoms with Gasteiger partial charge in [-0.3, -0.25) is 0 Å². The molecule has 1 aromatic carbocycles. The molecular formula is C12H11ClN2O2. The summed E-state index contributed by atoms with van der Waals surface area (Å²) < 4.78 is 10.5. The van der Waals surface area contributed by atoms with Gasteiger partial charge in [0.15, 0.2) is 0 Å². The molecule has 0 spiro atoms. The number of anilines is 1. The van der Waals surface area contributed by atoms with E-state index in [9.17, 15) is 0 Å². The smallest absolute Gasteiger partial charge is 0.222 e. The zero-order valence-corrected chi connectivity index (χ0v) is 9.94. The molecule has 0 saturated heterocycles. The molecule has 2 N–H and O–H groups in total. The third kappa shape index (κ3) is 2.79. The predicted octanol–water partition coefficient (Wildman–Crippen LogP) is 3.12. The Morgan fingerprint density at radius 2 is 1.94 bits per heavy atom. The third-order valence-corrected chi connectivity index (χ3v) is 2.39. The molecule has 0 atom stereocenters. The maximum atomic E-state index is 5.98. The molecule has 1 heterocycles. The van der Waals surface area contributed by atoms with Gasteiger partial charge in [-0.2, -0.15) is 4.98 Å². The number of nitrogens with zero attached hydrogens (tertiary/aromatic N) is 1. The van der Waals surface area contributed by atoms with Crippen molar-refractivity contribution in [2.45, 2.75) is 0 Å². The number of hydrogen-bond donors (Lipinski definition) is 1. The molecule has 0 bridgehead atoms. The normalized spacial score (nSPS) is 10.0. The van der Waals surface area contributed by atoms with Gasteiger partial charge in [-0.1, -0.05) is 17.7 Å². The molecule has 17 heavy (non-hydrogen) atoms. The summed E-state index contributed by atoms with van der Waals surface area (Å²) in [7, 11) is 1.54. The highest BCUT2D eigenvalue weighted by Gasteiger charge is 2.05. The predicted molar refractivity (Wildman–Crippen MR) is 66.7 cm³/mol. The van der Waals surface area contributed by atoms with E-state index >= 15 is 0 Å². The third-order valence-electron chi connectivity index (χ3n) is 2.08. The van der Waals surface area contributed by atoms with Crippen LogP contribution in [0.4, 0.5) is 5.69 Å². The van der Waals surface area contributed by atoms with Gasteiger partial charge < -0.3 is 15.2 Å². The van der Waals surface area contributed by atoms with Crippen LogP contribution in [0.3, 0.4) is 0 Å². The lowest BCUT2D eigenvalue weighted by atomic mass is 10.3. The minimum atomic E-state index is 0.400. The van der Waals surface area contributed by atoms with Gasteiger partial charge in [0.25, 0.3) is 0 Å². The van der Waals surface area contributed by atoms with Gasteiger partial charge in [0, 0.05) is 23.9 Å². The van der Waals surface area contributed by atoms with Crippen molar-refractivity contribution in [1.82, 2.24) is 4.98 Å². The van der Waals surface area contributed by atoms with Crippen LogP contribution in [-0.4, -0.2) is 12.1 Å². The maximum absolute atomic E-state index is 5.98. The fourth-order valence-electron chi connectivity index (χ4n) is 1.28. The minimum absolute atomic E-state index is 0.400. The zero-order chi connectivity index (χ0) is 12.3. The molecule has 0 unspecified atom stereocenters. The summed E-state index contributed by atoms with van der Waals surface area (Å²) in [5, 5.41) is 0.476. The van der Waals surface area contributed by atoms with Crippen LogP contribution in [0, 0.1) is 0 Å². The Kier molecular flexibility index (Phi) is 3.35. The number of hydrogen-bond acceptors (Lipinski definition) is 4. The lowest BCUT2D eigenvalue weighted by Crippen LogP contribution is -1.93. The van der Waals surface area contributed by atoms with Gasteiger partial charge in [0.05, 0.1) is 12.1 Å². The number of ether oxygens (including phenoxy) is 2. The lowest BCUT2D eigenvalue weighted by Gasteiger charge is -2.08. The molecule has 5 heteroatoms. The van der Waals surface area contributed by atoms with Crippen molar-refractivity contribution >= 4 is 17.3 Å². The summed E-state index contributed by atoms with van der Waals surface area (Å²) >= 11 is 5.98. The number of methoxy groups -OCH3 is 1. The molecule has 2 aromatic rings. The number of nitrogens with two attached hydrogens (primary N) is 1. The van der Waals surface area contributed by atoms with E-state index in [0.717, 1.165) is 0 Å². The summed E-state index contributed by atoms with van der Waals surface area (Å²) in [6, 6.07) is 10.2. The number of pyridine rings is 1. The Morgan fingerprint density at radius 1 is 1.18 bits per heavy atom. The van der Waals surface area contributed by atoms with Crippen molar-refractivity contribution in [3.8, 4) is 17.5 Å². The van der Waals surface area contributed by atoms with Crippen molar-refractivity contribution in [1.29, 1.82) is 0 Å². The van der Waals surface area contributed by atoms with Gasteiger partial charge in [0.1, 0.15) is 5.75 Å². The first-order chi connectivity index (χ1) is 8.19. The van der Waals surface area contributed by atoms with E-state index in [1.165, 1.54) is 0 Å². The maximum Gasteiger partial charge on any atom is 0.222 e. The lowest BCUT2D eigenvalue weighted by molar-refractivity contribution is 0.383. The van der Waals surface area contributed by atoms with Crippen LogP contribution in [0.1, 0.15) is 0 Å². The average molecular weight is 251 g/mol. The van der Waals surface area contributed by atoms with E-state index in [4.69, 9.17) is 26.8 Å². The molecule has 0 aliphatic heterocycles. The van der Waals surface area contributed by atoms with Gasteiger partial charge in [-0.15, -0.1) is 0 Å². The molecule has 0 saturated carbocycles. The van der Waals surface area contributed by atoms with Gasteiger partial charge in [-0.05, 0) is 12.1 Å². The van der Waals surface area contributed by atoms with E-state index < -0.39 is 0 Å². The van der Waals surface area contributed by atoms with E-state index in [-0.39, 0.29) is 0 Å². The molecule has 0 aliphatic rings. The standard InChI is InChI=1S/C12H11ClN2O2/c1-16-11-3-2-4-12(15-11)17-10-7-8(14)5-6-9(10)13/h2-7H,14H2,1H3. The largest absolute Gasteiger partial charge is 0.481 e.